The number of aryl methyl sites for hydroxylation is 3. The van der Waals surface area contributed by atoms with Gasteiger partial charge in [0.15, 0.2) is 0 Å². The molecule has 6 nitrogen and oxygen atoms in total. The zero-order chi connectivity index (χ0) is 24.9. The van der Waals surface area contributed by atoms with Gasteiger partial charge in [-0.1, -0.05) is 29.8 Å². The van der Waals surface area contributed by atoms with Crippen LogP contribution in [-0.4, -0.2) is 5.97 Å². The minimum atomic E-state index is -0.611. The summed E-state index contributed by atoms with van der Waals surface area (Å²) in [4.78, 5) is 13.0. The average Bonchev–Trinajstić information content (AvgIpc) is 3.14. The fourth-order valence-electron chi connectivity index (χ4n) is 4.32. The van der Waals surface area contributed by atoms with Crippen LogP contribution in [-0.2, 0) is 0 Å². The van der Waals surface area contributed by atoms with Crippen LogP contribution in [0.15, 0.2) is 70.5 Å². The summed E-state index contributed by atoms with van der Waals surface area (Å²) in [5.41, 5.74) is 11.5. The topological polar surface area (TPSA) is 98.5 Å². The Hall–Kier alpha value is -4.21. The molecule has 1 aliphatic rings. The number of carbonyl (C=O) groups excluding carboxylic acids is 1. The van der Waals surface area contributed by atoms with Crippen molar-refractivity contribution in [3.63, 3.8) is 0 Å². The smallest absolute Gasteiger partial charge is 0.379 e. The van der Waals surface area contributed by atoms with E-state index in [-0.39, 0.29) is 17.4 Å². The first kappa shape index (κ1) is 22.6. The van der Waals surface area contributed by atoms with Crippen LogP contribution in [0.3, 0.4) is 0 Å². The van der Waals surface area contributed by atoms with Gasteiger partial charge in [0.25, 0.3) is 0 Å². The molecule has 1 aliphatic heterocycles. The molecule has 1 aromatic heterocycles. The van der Waals surface area contributed by atoms with E-state index in [0.29, 0.717) is 21.9 Å². The minimum Gasteiger partial charge on any atom is -0.449 e. The first-order valence-corrected chi connectivity index (χ1v) is 11.3. The van der Waals surface area contributed by atoms with Crippen molar-refractivity contribution in [1.82, 2.24) is 0 Å². The number of nitrogens with two attached hydrogens (primary N) is 1. The molecule has 0 radical (unpaired) electrons. The number of benzene rings is 3. The second kappa shape index (κ2) is 8.53. The van der Waals surface area contributed by atoms with E-state index < -0.39 is 11.9 Å². The van der Waals surface area contributed by atoms with Gasteiger partial charge in [-0.3, -0.25) is 0 Å². The normalized spacial score (nSPS) is 14.9. The van der Waals surface area contributed by atoms with E-state index in [2.05, 4.69) is 6.07 Å². The summed E-state index contributed by atoms with van der Waals surface area (Å²) < 4.78 is 17.2. The van der Waals surface area contributed by atoms with Crippen LogP contribution in [0.4, 0.5) is 0 Å². The summed E-state index contributed by atoms with van der Waals surface area (Å²) in [7, 11) is 0. The van der Waals surface area contributed by atoms with Gasteiger partial charge >= 0.3 is 5.97 Å². The maximum absolute atomic E-state index is 13.0. The van der Waals surface area contributed by atoms with Gasteiger partial charge < -0.3 is 19.6 Å². The van der Waals surface area contributed by atoms with Crippen molar-refractivity contribution in [2.24, 2.45) is 5.73 Å². The zero-order valence-corrected chi connectivity index (χ0v) is 20.1. The van der Waals surface area contributed by atoms with Crippen LogP contribution >= 0.6 is 11.6 Å². The summed E-state index contributed by atoms with van der Waals surface area (Å²) in [6.07, 6.45) is 0. The number of furan rings is 1. The number of rotatable bonds is 3. The van der Waals surface area contributed by atoms with Gasteiger partial charge in [0, 0.05) is 27.6 Å². The highest BCUT2D eigenvalue weighted by Crippen LogP contribution is 2.43. The third-order valence-electron chi connectivity index (χ3n) is 6.34. The van der Waals surface area contributed by atoms with Gasteiger partial charge in [0.05, 0.1) is 5.92 Å². The lowest BCUT2D eigenvalue weighted by Crippen LogP contribution is -2.21. The largest absolute Gasteiger partial charge is 0.449 e. The maximum atomic E-state index is 13.0. The first-order chi connectivity index (χ1) is 16.8. The van der Waals surface area contributed by atoms with Gasteiger partial charge in [-0.25, -0.2) is 4.79 Å². The predicted molar refractivity (Wildman–Crippen MR) is 133 cm³/mol. The highest BCUT2D eigenvalue weighted by Gasteiger charge is 2.31. The maximum Gasteiger partial charge on any atom is 0.379 e. The second-order valence-electron chi connectivity index (χ2n) is 8.55. The Morgan fingerprint density at radius 2 is 1.77 bits per heavy atom. The molecule has 2 heterocycles. The first-order valence-electron chi connectivity index (χ1n) is 11.0. The number of carbonyl (C=O) groups is 1. The van der Waals surface area contributed by atoms with E-state index in [1.807, 2.05) is 45.0 Å². The quantitative estimate of drug-likeness (QED) is 0.265. The molecule has 5 rings (SSSR count). The summed E-state index contributed by atoms with van der Waals surface area (Å²) in [5, 5.41) is 11.2. The summed E-state index contributed by atoms with van der Waals surface area (Å²) in [6, 6.07) is 18.3. The van der Waals surface area contributed by atoms with Crippen LogP contribution in [0.1, 0.15) is 44.3 Å². The van der Waals surface area contributed by atoms with Crippen molar-refractivity contribution in [2.75, 3.05) is 0 Å². The van der Waals surface area contributed by atoms with Crippen molar-refractivity contribution in [3.8, 4) is 17.6 Å². The van der Waals surface area contributed by atoms with E-state index in [9.17, 15) is 10.1 Å². The Morgan fingerprint density at radius 3 is 2.49 bits per heavy atom. The Morgan fingerprint density at radius 1 is 1.06 bits per heavy atom. The van der Waals surface area contributed by atoms with Gasteiger partial charge in [-0.2, -0.15) is 5.26 Å². The van der Waals surface area contributed by atoms with Crippen molar-refractivity contribution in [2.45, 2.75) is 26.7 Å². The van der Waals surface area contributed by atoms with E-state index in [1.54, 1.807) is 30.3 Å². The number of ether oxygens (including phenoxy) is 2. The summed E-state index contributed by atoms with van der Waals surface area (Å²) in [6.45, 7) is 5.84. The van der Waals surface area contributed by atoms with E-state index in [1.165, 1.54) is 0 Å². The molecule has 0 aliphatic carbocycles. The Labute approximate surface area is 207 Å². The average molecular weight is 485 g/mol. The standard InChI is InChI=1S/C28H21ClN2O4/c1-14-10-21-16(3)26(34-23(21)11-15(14)2)28(32)33-19-8-9-20-24(12-19)35-27(31)22(13-30)25(20)17-4-6-18(29)7-5-17/h4-12,25H,31H2,1-3H3. The number of hydrogen-bond donors (Lipinski definition) is 1. The van der Waals surface area contributed by atoms with Crippen LogP contribution in [0, 0.1) is 32.1 Å². The lowest BCUT2D eigenvalue weighted by molar-refractivity contribution is 0.0702. The number of halogens is 1. The van der Waals surface area contributed by atoms with Gasteiger partial charge in [-0.05, 0) is 67.8 Å². The van der Waals surface area contributed by atoms with Crippen molar-refractivity contribution in [1.29, 1.82) is 5.26 Å². The SMILES string of the molecule is Cc1cc2oc(C(=O)Oc3ccc4c(c3)OC(N)=C(C#N)C4c3ccc(Cl)cc3)c(C)c2cc1C. The summed E-state index contributed by atoms with van der Waals surface area (Å²) in [5.74, 6) is -0.227. The van der Waals surface area contributed by atoms with E-state index in [4.69, 9.17) is 31.2 Å². The molecule has 4 aromatic rings. The molecular weight excluding hydrogens is 464 g/mol. The van der Waals surface area contributed by atoms with Gasteiger partial charge in [0.2, 0.25) is 11.6 Å². The van der Waals surface area contributed by atoms with Gasteiger partial charge in [-0.15, -0.1) is 0 Å². The number of fused-ring (bicyclic) bond motifs is 2. The van der Waals surface area contributed by atoms with Crippen LogP contribution in [0.5, 0.6) is 11.5 Å². The second-order valence-corrected chi connectivity index (χ2v) is 8.99. The molecule has 0 bridgehead atoms. The Balaban J connectivity index is 1.49. The lowest BCUT2D eigenvalue weighted by Gasteiger charge is -2.26. The molecule has 0 saturated heterocycles. The van der Waals surface area contributed by atoms with E-state index >= 15 is 0 Å². The number of hydrogen-bond acceptors (Lipinski definition) is 6. The molecule has 3 aromatic carbocycles. The molecule has 2 N–H and O–H groups in total. The highest BCUT2D eigenvalue weighted by atomic mass is 35.5. The monoisotopic (exact) mass is 484 g/mol. The molecule has 0 saturated carbocycles. The fraction of sp³-hybridized carbons (Fsp3) is 0.143. The molecule has 0 spiro atoms. The number of allylic oxidation sites excluding steroid dienone is 1. The highest BCUT2D eigenvalue weighted by molar-refractivity contribution is 6.30. The molecular formula is C28H21ClN2O4. The molecule has 1 atom stereocenters. The van der Waals surface area contributed by atoms with Crippen LogP contribution < -0.4 is 15.2 Å². The van der Waals surface area contributed by atoms with E-state index in [0.717, 1.165) is 33.2 Å². The molecule has 0 amide bonds. The third kappa shape index (κ3) is 3.90. The lowest BCUT2D eigenvalue weighted by atomic mass is 9.83. The number of nitriles is 1. The number of esters is 1. The van der Waals surface area contributed by atoms with Crippen molar-refractivity contribution >= 4 is 28.5 Å². The van der Waals surface area contributed by atoms with Crippen LogP contribution in [0.25, 0.3) is 11.0 Å². The Bertz CT molecular complexity index is 1580. The summed E-state index contributed by atoms with van der Waals surface area (Å²) >= 11 is 6.04. The van der Waals surface area contributed by atoms with Crippen molar-refractivity contribution < 1.29 is 18.7 Å². The van der Waals surface area contributed by atoms with Gasteiger partial charge in [0.1, 0.15) is 28.7 Å². The Kier molecular flexibility index (Phi) is 5.50. The third-order valence-corrected chi connectivity index (χ3v) is 6.59. The minimum absolute atomic E-state index is 0.00212. The molecule has 174 valence electrons. The predicted octanol–water partition coefficient (Wildman–Crippen LogP) is 6.45. The van der Waals surface area contributed by atoms with Crippen LogP contribution in [0.2, 0.25) is 5.02 Å². The molecule has 1 unspecified atom stereocenters. The molecule has 0 fully saturated rings. The molecule has 7 heteroatoms. The zero-order valence-electron chi connectivity index (χ0n) is 19.3. The fourth-order valence-corrected chi connectivity index (χ4v) is 4.45. The molecule has 35 heavy (non-hydrogen) atoms. The van der Waals surface area contributed by atoms with Crippen molar-refractivity contribution in [3.05, 3.63) is 105 Å². The number of nitrogens with zero attached hydrogens (tertiary/aromatic N) is 1.